The Balaban J connectivity index is 1.99. The van der Waals surface area contributed by atoms with Gasteiger partial charge in [0.25, 0.3) is 0 Å². The van der Waals surface area contributed by atoms with Gasteiger partial charge in [-0.25, -0.2) is 0 Å². The molecule has 0 aliphatic carbocycles. The van der Waals surface area contributed by atoms with Crippen molar-refractivity contribution < 1.29 is 4.52 Å². The van der Waals surface area contributed by atoms with E-state index in [-0.39, 0.29) is 0 Å². The minimum Gasteiger partial charge on any atom is -0.339 e. The molecule has 0 saturated carbocycles. The van der Waals surface area contributed by atoms with Crippen LogP contribution in [0.15, 0.2) is 4.52 Å². The van der Waals surface area contributed by atoms with E-state index in [1.807, 2.05) is 0 Å². The lowest BCUT2D eigenvalue weighted by molar-refractivity contribution is 0.350. The Morgan fingerprint density at radius 1 is 1.53 bits per heavy atom. The van der Waals surface area contributed by atoms with Crippen LogP contribution in [0.25, 0.3) is 0 Å². The molecule has 1 aliphatic heterocycles. The average Bonchev–Trinajstić information content (AvgIpc) is 2.67. The van der Waals surface area contributed by atoms with E-state index in [9.17, 15) is 0 Å². The number of aromatic nitrogens is 2. The molecule has 0 aromatic carbocycles. The summed E-state index contributed by atoms with van der Waals surface area (Å²) in [6.45, 7) is 6.42. The maximum Gasteiger partial charge on any atom is 0.226 e. The molecule has 84 valence electrons. The van der Waals surface area contributed by atoms with E-state index in [4.69, 9.17) is 4.52 Å². The summed E-state index contributed by atoms with van der Waals surface area (Å²) in [7, 11) is 0. The van der Waals surface area contributed by atoms with Gasteiger partial charge in [-0.3, -0.25) is 0 Å². The molecule has 0 spiro atoms. The van der Waals surface area contributed by atoms with Gasteiger partial charge in [-0.15, -0.1) is 0 Å². The Hall–Kier alpha value is -0.900. The molecular weight excluding hydrogens is 190 g/mol. The Morgan fingerprint density at radius 2 is 2.40 bits per heavy atom. The molecule has 1 atom stereocenters. The summed E-state index contributed by atoms with van der Waals surface area (Å²) in [4.78, 5) is 4.46. The summed E-state index contributed by atoms with van der Waals surface area (Å²) in [6.07, 6.45) is 3.26. The van der Waals surface area contributed by atoms with Crippen molar-refractivity contribution >= 4 is 0 Å². The number of hydrogen-bond donors (Lipinski definition) is 1. The quantitative estimate of drug-likeness (QED) is 0.823. The second-order valence-electron chi connectivity index (χ2n) is 4.69. The van der Waals surface area contributed by atoms with Crippen LogP contribution in [0.2, 0.25) is 0 Å². The van der Waals surface area contributed by atoms with Gasteiger partial charge in [0, 0.05) is 18.9 Å². The molecule has 1 N–H and O–H groups in total. The molecule has 4 nitrogen and oxygen atoms in total. The first-order valence-corrected chi connectivity index (χ1v) is 5.79. The first kappa shape index (κ1) is 10.6. The van der Waals surface area contributed by atoms with Crippen LogP contribution in [-0.2, 0) is 6.42 Å². The van der Waals surface area contributed by atoms with Crippen LogP contribution in [0.1, 0.15) is 44.3 Å². The van der Waals surface area contributed by atoms with E-state index in [0.717, 1.165) is 31.2 Å². The highest BCUT2D eigenvalue weighted by molar-refractivity contribution is 4.98. The molecule has 15 heavy (non-hydrogen) atoms. The Morgan fingerprint density at radius 3 is 3.07 bits per heavy atom. The molecule has 1 aromatic rings. The van der Waals surface area contributed by atoms with E-state index < -0.39 is 0 Å². The molecule has 2 heterocycles. The zero-order valence-electron chi connectivity index (χ0n) is 9.49. The highest BCUT2D eigenvalue weighted by Gasteiger charge is 2.20. The van der Waals surface area contributed by atoms with Crippen LogP contribution in [0, 0.1) is 5.92 Å². The topological polar surface area (TPSA) is 51.0 Å². The fourth-order valence-corrected chi connectivity index (χ4v) is 1.94. The van der Waals surface area contributed by atoms with Gasteiger partial charge in [-0.2, -0.15) is 4.98 Å². The van der Waals surface area contributed by atoms with E-state index in [2.05, 4.69) is 29.3 Å². The van der Waals surface area contributed by atoms with Gasteiger partial charge >= 0.3 is 0 Å². The molecule has 4 heteroatoms. The first-order valence-electron chi connectivity index (χ1n) is 5.79. The van der Waals surface area contributed by atoms with Crippen molar-refractivity contribution in [3.8, 4) is 0 Å². The minimum atomic E-state index is 0.448. The van der Waals surface area contributed by atoms with Crippen LogP contribution in [-0.4, -0.2) is 23.2 Å². The van der Waals surface area contributed by atoms with E-state index in [1.165, 1.54) is 12.8 Å². The summed E-state index contributed by atoms with van der Waals surface area (Å²) in [5, 5.41) is 7.43. The molecule has 1 unspecified atom stereocenters. The molecule has 0 radical (unpaired) electrons. The van der Waals surface area contributed by atoms with Crippen molar-refractivity contribution in [1.82, 2.24) is 15.5 Å². The van der Waals surface area contributed by atoms with Crippen molar-refractivity contribution in [2.45, 2.75) is 39.0 Å². The molecule has 1 saturated heterocycles. The highest BCUT2D eigenvalue weighted by atomic mass is 16.5. The fraction of sp³-hybridized carbons (Fsp3) is 0.818. The summed E-state index contributed by atoms with van der Waals surface area (Å²) in [6, 6.07) is 0. The van der Waals surface area contributed by atoms with E-state index in [1.54, 1.807) is 0 Å². The minimum absolute atomic E-state index is 0.448. The average molecular weight is 209 g/mol. The van der Waals surface area contributed by atoms with Crippen LogP contribution < -0.4 is 5.32 Å². The van der Waals surface area contributed by atoms with Crippen molar-refractivity contribution in [2.24, 2.45) is 5.92 Å². The van der Waals surface area contributed by atoms with Crippen LogP contribution in [0.3, 0.4) is 0 Å². The van der Waals surface area contributed by atoms with Crippen molar-refractivity contribution in [1.29, 1.82) is 0 Å². The molecule has 1 aromatic heterocycles. The maximum atomic E-state index is 5.24. The Kier molecular flexibility index (Phi) is 3.36. The lowest BCUT2D eigenvalue weighted by Gasteiger charge is -2.19. The number of piperidine rings is 1. The predicted molar refractivity (Wildman–Crippen MR) is 57.7 cm³/mol. The van der Waals surface area contributed by atoms with E-state index in [0.29, 0.717) is 11.8 Å². The maximum absolute atomic E-state index is 5.24. The third-order valence-electron chi connectivity index (χ3n) is 2.73. The van der Waals surface area contributed by atoms with Crippen molar-refractivity contribution in [2.75, 3.05) is 13.1 Å². The van der Waals surface area contributed by atoms with Crippen LogP contribution in [0.4, 0.5) is 0 Å². The van der Waals surface area contributed by atoms with Gasteiger partial charge < -0.3 is 9.84 Å². The normalized spacial score (nSPS) is 22.2. The second kappa shape index (κ2) is 4.75. The third kappa shape index (κ3) is 2.78. The zero-order valence-corrected chi connectivity index (χ0v) is 9.49. The highest BCUT2D eigenvalue weighted by Crippen LogP contribution is 2.20. The second-order valence-corrected chi connectivity index (χ2v) is 4.69. The summed E-state index contributed by atoms with van der Waals surface area (Å²) in [5.41, 5.74) is 0. The van der Waals surface area contributed by atoms with Gasteiger partial charge in [-0.1, -0.05) is 19.0 Å². The first-order chi connectivity index (χ1) is 7.25. The van der Waals surface area contributed by atoms with Gasteiger partial charge in [0.2, 0.25) is 5.89 Å². The monoisotopic (exact) mass is 209 g/mol. The number of nitrogens with one attached hydrogen (secondary N) is 1. The summed E-state index contributed by atoms with van der Waals surface area (Å²) in [5.74, 6) is 2.69. The van der Waals surface area contributed by atoms with E-state index >= 15 is 0 Å². The smallest absolute Gasteiger partial charge is 0.226 e. The molecular formula is C11H19N3O. The number of rotatable bonds is 3. The van der Waals surface area contributed by atoms with Crippen molar-refractivity contribution in [3.05, 3.63) is 11.7 Å². The van der Waals surface area contributed by atoms with Crippen molar-refractivity contribution in [3.63, 3.8) is 0 Å². The van der Waals surface area contributed by atoms with Crippen LogP contribution in [0.5, 0.6) is 0 Å². The number of nitrogens with zero attached hydrogens (tertiary/aromatic N) is 2. The fourth-order valence-electron chi connectivity index (χ4n) is 1.94. The molecule has 0 amide bonds. The van der Waals surface area contributed by atoms with Gasteiger partial charge in [0.1, 0.15) is 0 Å². The van der Waals surface area contributed by atoms with Crippen LogP contribution >= 0.6 is 0 Å². The SMILES string of the molecule is CC(C)Cc1nc(C2CCCNC2)no1. The van der Waals surface area contributed by atoms with Gasteiger partial charge in [0.05, 0.1) is 0 Å². The van der Waals surface area contributed by atoms with Gasteiger partial charge in [0.15, 0.2) is 5.82 Å². The lowest BCUT2D eigenvalue weighted by Crippen LogP contribution is -2.28. The lowest BCUT2D eigenvalue weighted by atomic mass is 9.99. The molecule has 2 rings (SSSR count). The van der Waals surface area contributed by atoms with Gasteiger partial charge in [-0.05, 0) is 25.3 Å². The Labute approximate surface area is 90.4 Å². The largest absolute Gasteiger partial charge is 0.339 e. The predicted octanol–water partition coefficient (Wildman–Crippen LogP) is 1.74. The number of hydrogen-bond acceptors (Lipinski definition) is 4. The molecule has 0 bridgehead atoms. The summed E-state index contributed by atoms with van der Waals surface area (Å²) < 4.78 is 5.24. The zero-order chi connectivity index (χ0) is 10.7. The standard InChI is InChI=1S/C11H19N3O/c1-8(2)6-10-13-11(14-15-10)9-4-3-5-12-7-9/h8-9,12H,3-7H2,1-2H3. The Bertz CT molecular complexity index is 303. The summed E-state index contributed by atoms with van der Waals surface area (Å²) >= 11 is 0. The molecule has 1 aliphatic rings. The third-order valence-corrected chi connectivity index (χ3v) is 2.73. The molecule has 1 fully saturated rings.